The van der Waals surface area contributed by atoms with Gasteiger partial charge >= 0.3 is 0 Å². The SMILES string of the molecule is Cc1cccc(-c2nnc(SCC(=O)N3CCN(S(=O)(=O)c4ccccc4C#N)CC3)n2C)c1. The van der Waals surface area contributed by atoms with E-state index < -0.39 is 10.0 Å². The molecule has 1 fully saturated rings. The fourth-order valence-corrected chi connectivity index (χ4v) is 6.17. The summed E-state index contributed by atoms with van der Waals surface area (Å²) in [5, 5.41) is 18.4. The van der Waals surface area contributed by atoms with Gasteiger partial charge in [-0.25, -0.2) is 8.42 Å². The Bertz CT molecular complexity index is 1360. The Morgan fingerprint density at radius 2 is 1.82 bits per heavy atom. The molecule has 9 nitrogen and oxygen atoms in total. The molecule has 176 valence electrons. The van der Waals surface area contributed by atoms with Gasteiger partial charge in [0.15, 0.2) is 11.0 Å². The molecule has 0 spiro atoms. The monoisotopic (exact) mass is 496 g/mol. The summed E-state index contributed by atoms with van der Waals surface area (Å²) in [5.74, 6) is 0.832. The van der Waals surface area contributed by atoms with Crippen LogP contribution in [0.2, 0.25) is 0 Å². The van der Waals surface area contributed by atoms with Crippen LogP contribution < -0.4 is 0 Å². The van der Waals surface area contributed by atoms with Crippen LogP contribution in [0.3, 0.4) is 0 Å². The lowest BCUT2D eigenvalue weighted by Gasteiger charge is -2.34. The second-order valence-electron chi connectivity index (χ2n) is 7.92. The van der Waals surface area contributed by atoms with Gasteiger partial charge in [0.05, 0.1) is 16.2 Å². The van der Waals surface area contributed by atoms with Crippen molar-refractivity contribution >= 4 is 27.7 Å². The number of aryl methyl sites for hydroxylation is 1. The second-order valence-corrected chi connectivity index (χ2v) is 10.8. The first-order valence-corrected chi connectivity index (χ1v) is 13.1. The third-order valence-electron chi connectivity index (χ3n) is 5.65. The highest BCUT2D eigenvalue weighted by molar-refractivity contribution is 7.99. The van der Waals surface area contributed by atoms with Crippen LogP contribution in [-0.4, -0.2) is 70.2 Å². The van der Waals surface area contributed by atoms with Crippen LogP contribution >= 0.6 is 11.8 Å². The van der Waals surface area contributed by atoms with Gasteiger partial charge in [0, 0.05) is 38.8 Å². The van der Waals surface area contributed by atoms with E-state index in [2.05, 4.69) is 10.2 Å². The molecule has 1 saturated heterocycles. The fraction of sp³-hybridized carbons (Fsp3) is 0.304. The van der Waals surface area contributed by atoms with E-state index in [0.717, 1.165) is 17.0 Å². The first kappa shape index (κ1) is 23.9. The average Bonchev–Trinajstić information content (AvgIpc) is 3.22. The minimum absolute atomic E-state index is 0.000437. The Morgan fingerprint density at radius 1 is 1.09 bits per heavy atom. The molecule has 3 aromatic rings. The quantitative estimate of drug-likeness (QED) is 0.481. The van der Waals surface area contributed by atoms with E-state index in [4.69, 9.17) is 0 Å². The van der Waals surface area contributed by atoms with Crippen LogP contribution in [0.25, 0.3) is 11.4 Å². The van der Waals surface area contributed by atoms with Crippen LogP contribution in [0, 0.1) is 18.3 Å². The lowest BCUT2D eigenvalue weighted by molar-refractivity contribution is -0.129. The lowest BCUT2D eigenvalue weighted by atomic mass is 10.1. The van der Waals surface area contributed by atoms with Crippen molar-refractivity contribution in [3.05, 3.63) is 59.7 Å². The number of hydrogen-bond donors (Lipinski definition) is 0. The zero-order valence-corrected chi connectivity index (χ0v) is 20.5. The number of nitrogens with zero attached hydrogens (tertiary/aromatic N) is 6. The molecule has 0 unspecified atom stereocenters. The van der Waals surface area contributed by atoms with Gasteiger partial charge in [0.1, 0.15) is 6.07 Å². The molecule has 1 aliphatic rings. The van der Waals surface area contributed by atoms with Gasteiger partial charge in [0.2, 0.25) is 15.9 Å². The molecular weight excluding hydrogens is 472 g/mol. The van der Waals surface area contributed by atoms with Crippen LogP contribution in [-0.2, 0) is 21.9 Å². The summed E-state index contributed by atoms with van der Waals surface area (Å²) >= 11 is 1.31. The van der Waals surface area contributed by atoms with Crippen LogP contribution in [0.1, 0.15) is 11.1 Å². The maximum Gasteiger partial charge on any atom is 0.244 e. The number of carbonyl (C=O) groups excluding carboxylic acids is 1. The molecular formula is C23H24N6O3S2. The Hall–Kier alpha value is -3.20. The van der Waals surface area contributed by atoms with Gasteiger partial charge in [0.25, 0.3) is 0 Å². The molecule has 0 radical (unpaired) electrons. The van der Waals surface area contributed by atoms with E-state index in [1.165, 1.54) is 28.2 Å². The van der Waals surface area contributed by atoms with E-state index in [-0.39, 0.29) is 35.2 Å². The summed E-state index contributed by atoms with van der Waals surface area (Å²) in [6, 6.07) is 16.1. The zero-order chi connectivity index (χ0) is 24.3. The van der Waals surface area contributed by atoms with E-state index in [1.807, 2.05) is 48.9 Å². The standard InChI is InChI=1S/C23H24N6O3S2/c1-17-6-5-8-18(14-17)22-25-26-23(27(22)2)33-16-21(30)28-10-12-29(13-11-28)34(31,32)20-9-4-3-7-19(20)15-24/h3-9,14H,10-13,16H2,1-2H3. The maximum absolute atomic E-state index is 13.0. The minimum Gasteiger partial charge on any atom is -0.339 e. The third-order valence-corrected chi connectivity index (χ3v) is 8.61. The predicted octanol–water partition coefficient (Wildman–Crippen LogP) is 2.29. The molecule has 2 heterocycles. The van der Waals surface area contributed by atoms with Crippen molar-refractivity contribution in [2.24, 2.45) is 7.05 Å². The molecule has 4 rings (SSSR count). The Balaban J connectivity index is 1.35. The Morgan fingerprint density at radius 3 is 2.53 bits per heavy atom. The number of amides is 1. The van der Waals surface area contributed by atoms with Gasteiger partial charge in [-0.1, -0.05) is 47.7 Å². The molecule has 11 heteroatoms. The lowest BCUT2D eigenvalue weighted by Crippen LogP contribution is -2.51. The highest BCUT2D eigenvalue weighted by Crippen LogP contribution is 2.24. The van der Waals surface area contributed by atoms with E-state index in [0.29, 0.717) is 18.2 Å². The van der Waals surface area contributed by atoms with Crippen molar-refractivity contribution in [3.8, 4) is 17.5 Å². The first-order chi connectivity index (χ1) is 16.3. The smallest absolute Gasteiger partial charge is 0.244 e. The predicted molar refractivity (Wildman–Crippen MR) is 128 cm³/mol. The first-order valence-electron chi connectivity index (χ1n) is 10.7. The van der Waals surface area contributed by atoms with Crippen molar-refractivity contribution < 1.29 is 13.2 Å². The number of sulfonamides is 1. The molecule has 2 aromatic carbocycles. The minimum atomic E-state index is -3.80. The summed E-state index contributed by atoms with van der Waals surface area (Å²) in [4.78, 5) is 14.4. The van der Waals surface area contributed by atoms with E-state index in [1.54, 1.807) is 17.0 Å². The van der Waals surface area contributed by atoms with Crippen molar-refractivity contribution in [3.63, 3.8) is 0 Å². The average molecular weight is 497 g/mol. The molecule has 34 heavy (non-hydrogen) atoms. The van der Waals surface area contributed by atoms with Crippen molar-refractivity contribution in [2.75, 3.05) is 31.9 Å². The zero-order valence-electron chi connectivity index (χ0n) is 18.9. The van der Waals surface area contributed by atoms with Crippen LogP contribution in [0.15, 0.2) is 58.6 Å². The Kier molecular flexibility index (Phi) is 7.02. The van der Waals surface area contributed by atoms with E-state index in [9.17, 15) is 18.5 Å². The van der Waals surface area contributed by atoms with Crippen LogP contribution in [0.5, 0.6) is 0 Å². The number of piperazine rings is 1. The fourth-order valence-electron chi connectivity index (χ4n) is 3.79. The van der Waals surface area contributed by atoms with Gasteiger partial charge in [-0.3, -0.25) is 4.79 Å². The number of rotatable bonds is 6. The summed E-state index contributed by atoms with van der Waals surface area (Å²) < 4.78 is 29.2. The summed E-state index contributed by atoms with van der Waals surface area (Å²) in [7, 11) is -1.93. The van der Waals surface area contributed by atoms with Crippen LogP contribution in [0.4, 0.5) is 0 Å². The number of carbonyl (C=O) groups is 1. The molecule has 1 aliphatic heterocycles. The van der Waals surface area contributed by atoms with Gasteiger partial charge in [-0.2, -0.15) is 9.57 Å². The van der Waals surface area contributed by atoms with E-state index >= 15 is 0 Å². The molecule has 0 atom stereocenters. The number of thioether (sulfide) groups is 1. The topological polar surface area (TPSA) is 112 Å². The highest BCUT2D eigenvalue weighted by Gasteiger charge is 2.31. The van der Waals surface area contributed by atoms with Gasteiger partial charge in [-0.15, -0.1) is 10.2 Å². The number of aromatic nitrogens is 3. The molecule has 0 bridgehead atoms. The summed E-state index contributed by atoms with van der Waals surface area (Å²) in [6.07, 6.45) is 0. The molecule has 0 saturated carbocycles. The van der Waals surface area contributed by atoms with Gasteiger partial charge in [-0.05, 0) is 25.1 Å². The summed E-state index contributed by atoms with van der Waals surface area (Å²) in [6.45, 7) is 2.96. The molecule has 1 amide bonds. The third kappa shape index (κ3) is 4.84. The molecule has 0 N–H and O–H groups in total. The highest BCUT2D eigenvalue weighted by atomic mass is 32.2. The molecule has 0 aliphatic carbocycles. The molecule has 1 aromatic heterocycles. The number of hydrogen-bond acceptors (Lipinski definition) is 7. The van der Waals surface area contributed by atoms with Crippen molar-refractivity contribution in [1.29, 1.82) is 5.26 Å². The maximum atomic E-state index is 13.0. The normalized spacial score (nSPS) is 14.7. The van der Waals surface area contributed by atoms with Gasteiger partial charge < -0.3 is 9.47 Å². The summed E-state index contributed by atoms with van der Waals surface area (Å²) in [5.41, 5.74) is 2.21. The second kappa shape index (κ2) is 9.97. The van der Waals surface area contributed by atoms with Crippen molar-refractivity contribution in [1.82, 2.24) is 24.0 Å². The van der Waals surface area contributed by atoms with Crippen molar-refractivity contribution in [2.45, 2.75) is 17.0 Å². The Labute approximate surface area is 203 Å². The largest absolute Gasteiger partial charge is 0.339 e. The number of benzene rings is 2. The number of nitriles is 1.